The van der Waals surface area contributed by atoms with Crippen molar-refractivity contribution < 1.29 is 14.6 Å². The number of hydrogen-bond donors (Lipinski definition) is 2. The lowest BCUT2D eigenvalue weighted by atomic mass is 10.1. The zero-order chi connectivity index (χ0) is 20.5. The van der Waals surface area contributed by atoms with E-state index in [1.54, 1.807) is 24.4 Å². The van der Waals surface area contributed by atoms with Crippen LogP contribution in [0.1, 0.15) is 45.9 Å². The first-order valence-electron chi connectivity index (χ1n) is 9.46. The lowest BCUT2D eigenvalue weighted by Crippen LogP contribution is -2.23. The van der Waals surface area contributed by atoms with Crippen LogP contribution in [0.25, 0.3) is 5.69 Å². The number of nitrogens with zero attached hydrogens (tertiary/aromatic N) is 2. The van der Waals surface area contributed by atoms with Crippen molar-refractivity contribution in [1.82, 2.24) is 15.1 Å². The molecule has 0 unspecified atom stereocenters. The van der Waals surface area contributed by atoms with Crippen LogP contribution >= 0.6 is 11.6 Å². The molecular formula is C22H22ClN3O3. The second-order valence-corrected chi connectivity index (χ2v) is 7.66. The molecule has 6 nitrogen and oxygen atoms in total. The summed E-state index contributed by atoms with van der Waals surface area (Å²) in [5.74, 6) is 0.589. The summed E-state index contributed by atoms with van der Waals surface area (Å²) in [6.07, 6.45) is 3.70. The molecule has 1 heterocycles. The van der Waals surface area contributed by atoms with Gasteiger partial charge in [0.2, 0.25) is 0 Å². The van der Waals surface area contributed by atoms with Crippen molar-refractivity contribution in [2.75, 3.05) is 7.11 Å². The van der Waals surface area contributed by atoms with Crippen LogP contribution in [0, 0.1) is 6.92 Å². The number of carbonyl (C=O) groups is 1. The quantitative estimate of drug-likeness (QED) is 0.632. The zero-order valence-corrected chi connectivity index (χ0v) is 17.0. The Morgan fingerprint density at radius 2 is 2.10 bits per heavy atom. The van der Waals surface area contributed by atoms with Crippen LogP contribution in [0.15, 0.2) is 42.6 Å². The number of nitrogens with one attached hydrogen (secondary N) is 1. The summed E-state index contributed by atoms with van der Waals surface area (Å²) in [5.41, 5.74) is 4.18. The molecule has 1 saturated carbocycles. The molecule has 1 aliphatic rings. The van der Waals surface area contributed by atoms with Gasteiger partial charge in [0.15, 0.2) is 11.5 Å². The SMILES string of the molecule is COc1cc(CNC(=O)c2cnn(-c3ccc(C)c(Cl)c3)c2C2CC2)ccc1O. The Hall–Kier alpha value is -2.99. The summed E-state index contributed by atoms with van der Waals surface area (Å²) in [6.45, 7) is 2.27. The minimum atomic E-state index is -0.177. The lowest BCUT2D eigenvalue weighted by Gasteiger charge is -2.11. The lowest BCUT2D eigenvalue weighted by molar-refractivity contribution is 0.0950. The van der Waals surface area contributed by atoms with Crippen molar-refractivity contribution in [3.63, 3.8) is 0 Å². The summed E-state index contributed by atoms with van der Waals surface area (Å²) >= 11 is 6.29. The molecular weight excluding hydrogens is 390 g/mol. The summed E-state index contributed by atoms with van der Waals surface area (Å²) in [5, 5.41) is 17.8. The van der Waals surface area contributed by atoms with E-state index in [4.69, 9.17) is 16.3 Å². The van der Waals surface area contributed by atoms with Crippen molar-refractivity contribution >= 4 is 17.5 Å². The first-order chi connectivity index (χ1) is 14.0. The van der Waals surface area contributed by atoms with Crippen molar-refractivity contribution in [3.8, 4) is 17.2 Å². The molecule has 1 aliphatic carbocycles. The fraction of sp³-hybridized carbons (Fsp3) is 0.273. The van der Waals surface area contributed by atoms with Gasteiger partial charge in [0.05, 0.1) is 30.3 Å². The van der Waals surface area contributed by atoms with Gasteiger partial charge in [0.1, 0.15) is 0 Å². The molecule has 1 amide bonds. The number of rotatable bonds is 6. The molecule has 3 aromatic rings. The fourth-order valence-corrected chi connectivity index (χ4v) is 3.49. The van der Waals surface area contributed by atoms with E-state index in [0.29, 0.717) is 28.8 Å². The van der Waals surface area contributed by atoms with E-state index >= 15 is 0 Å². The van der Waals surface area contributed by atoms with Gasteiger partial charge in [0, 0.05) is 17.5 Å². The van der Waals surface area contributed by atoms with E-state index in [9.17, 15) is 9.90 Å². The molecule has 0 spiro atoms. The van der Waals surface area contributed by atoms with Gasteiger partial charge >= 0.3 is 0 Å². The molecule has 1 fully saturated rings. The van der Waals surface area contributed by atoms with Gasteiger partial charge in [-0.05, 0) is 55.2 Å². The number of phenols is 1. The van der Waals surface area contributed by atoms with Gasteiger partial charge < -0.3 is 15.2 Å². The van der Waals surface area contributed by atoms with Crippen molar-refractivity contribution in [2.24, 2.45) is 0 Å². The Morgan fingerprint density at radius 1 is 1.31 bits per heavy atom. The number of aromatic hydroxyl groups is 1. The predicted molar refractivity (Wildman–Crippen MR) is 111 cm³/mol. The minimum absolute atomic E-state index is 0.0663. The number of carbonyl (C=O) groups excluding carboxylic acids is 1. The number of ether oxygens (including phenoxy) is 1. The Kier molecular flexibility index (Phi) is 5.20. The monoisotopic (exact) mass is 411 g/mol. The molecule has 4 rings (SSSR count). The van der Waals surface area contributed by atoms with E-state index in [1.165, 1.54) is 7.11 Å². The smallest absolute Gasteiger partial charge is 0.255 e. The van der Waals surface area contributed by atoms with Gasteiger partial charge in [-0.15, -0.1) is 0 Å². The zero-order valence-electron chi connectivity index (χ0n) is 16.3. The van der Waals surface area contributed by atoms with E-state index in [0.717, 1.165) is 35.3 Å². The molecule has 0 saturated heterocycles. The molecule has 2 N–H and O–H groups in total. The third-order valence-corrected chi connectivity index (χ3v) is 5.52. The summed E-state index contributed by atoms with van der Waals surface area (Å²) < 4.78 is 6.94. The van der Waals surface area contributed by atoms with E-state index in [-0.39, 0.29) is 11.7 Å². The highest BCUT2D eigenvalue weighted by molar-refractivity contribution is 6.31. The number of amides is 1. The molecule has 1 aromatic heterocycles. The number of methoxy groups -OCH3 is 1. The maximum Gasteiger partial charge on any atom is 0.255 e. The van der Waals surface area contributed by atoms with Gasteiger partial charge in [-0.2, -0.15) is 5.10 Å². The average Bonchev–Trinajstić information content (AvgIpc) is 3.47. The van der Waals surface area contributed by atoms with Gasteiger partial charge in [-0.1, -0.05) is 23.7 Å². The topological polar surface area (TPSA) is 76.4 Å². The Bertz CT molecular complexity index is 1070. The largest absolute Gasteiger partial charge is 0.504 e. The van der Waals surface area contributed by atoms with E-state index in [1.807, 2.05) is 29.8 Å². The highest BCUT2D eigenvalue weighted by atomic mass is 35.5. The third kappa shape index (κ3) is 3.93. The van der Waals surface area contributed by atoms with E-state index in [2.05, 4.69) is 10.4 Å². The number of halogens is 1. The molecule has 29 heavy (non-hydrogen) atoms. The van der Waals surface area contributed by atoms with Crippen LogP contribution in [-0.4, -0.2) is 27.9 Å². The normalized spacial score (nSPS) is 13.3. The molecule has 7 heteroatoms. The highest BCUT2D eigenvalue weighted by Gasteiger charge is 2.33. The number of benzene rings is 2. The Labute approximate surface area is 174 Å². The molecule has 2 aromatic carbocycles. The third-order valence-electron chi connectivity index (χ3n) is 5.11. The highest BCUT2D eigenvalue weighted by Crippen LogP contribution is 2.42. The fourth-order valence-electron chi connectivity index (χ4n) is 3.31. The second-order valence-electron chi connectivity index (χ2n) is 7.25. The minimum Gasteiger partial charge on any atom is -0.504 e. The van der Waals surface area contributed by atoms with Crippen LogP contribution in [-0.2, 0) is 6.54 Å². The number of phenolic OH excluding ortho intramolecular Hbond substituents is 1. The van der Waals surface area contributed by atoms with Crippen LogP contribution in [0.5, 0.6) is 11.5 Å². The Balaban J connectivity index is 1.57. The first-order valence-corrected chi connectivity index (χ1v) is 9.84. The van der Waals surface area contributed by atoms with Crippen molar-refractivity contribution in [3.05, 3.63) is 70.0 Å². The van der Waals surface area contributed by atoms with Crippen LogP contribution in [0.4, 0.5) is 0 Å². The summed E-state index contributed by atoms with van der Waals surface area (Å²) in [4.78, 5) is 12.9. The van der Waals surface area contributed by atoms with Gasteiger partial charge in [-0.3, -0.25) is 4.79 Å². The molecule has 150 valence electrons. The predicted octanol–water partition coefficient (Wildman–Crippen LogP) is 4.36. The van der Waals surface area contributed by atoms with Crippen LogP contribution < -0.4 is 10.1 Å². The Morgan fingerprint density at radius 3 is 2.79 bits per heavy atom. The molecule has 0 atom stereocenters. The average molecular weight is 412 g/mol. The molecule has 0 aliphatic heterocycles. The van der Waals surface area contributed by atoms with Crippen molar-refractivity contribution in [2.45, 2.75) is 32.2 Å². The molecule has 0 bridgehead atoms. The number of hydrogen-bond acceptors (Lipinski definition) is 4. The number of aryl methyl sites for hydroxylation is 1. The van der Waals surface area contributed by atoms with Gasteiger partial charge in [0.25, 0.3) is 5.91 Å². The van der Waals surface area contributed by atoms with Gasteiger partial charge in [-0.25, -0.2) is 4.68 Å². The maximum absolute atomic E-state index is 12.9. The summed E-state index contributed by atoms with van der Waals surface area (Å²) in [6, 6.07) is 10.8. The summed E-state index contributed by atoms with van der Waals surface area (Å²) in [7, 11) is 1.49. The van der Waals surface area contributed by atoms with Crippen LogP contribution in [0.2, 0.25) is 5.02 Å². The van der Waals surface area contributed by atoms with Crippen molar-refractivity contribution in [1.29, 1.82) is 0 Å². The number of aromatic nitrogens is 2. The maximum atomic E-state index is 12.9. The first kappa shape index (κ1) is 19.3. The van der Waals surface area contributed by atoms with Crippen LogP contribution in [0.3, 0.4) is 0 Å². The second kappa shape index (κ2) is 7.79. The van der Waals surface area contributed by atoms with E-state index < -0.39 is 0 Å². The standard InChI is InChI=1S/C22H22ClN3O3/c1-13-3-7-16(10-18(13)23)26-21(15-5-6-15)17(12-25-26)22(28)24-11-14-4-8-19(27)20(9-14)29-2/h3-4,7-10,12,15,27H,5-6,11H2,1-2H3,(H,24,28). The molecule has 0 radical (unpaired) electrons.